The summed E-state index contributed by atoms with van der Waals surface area (Å²) < 4.78 is 0. The zero-order valence-electron chi connectivity index (χ0n) is 39.3. The Labute approximate surface area is 387 Å². The Hall–Kier alpha value is -6.13. The number of aliphatic imine (C=N–C) groups is 3. The van der Waals surface area contributed by atoms with Crippen LogP contribution >= 0.6 is 0 Å². The number of nitrogens with one attached hydrogen (secondary N) is 4. The molecule has 0 aliphatic rings. The monoisotopic (exact) mass is 932 g/mol. The summed E-state index contributed by atoms with van der Waals surface area (Å²) in [6.45, 7) is 9.11. The summed E-state index contributed by atoms with van der Waals surface area (Å²) in [6.07, 6.45) is 4.10. The molecule has 66 heavy (non-hydrogen) atoms. The van der Waals surface area contributed by atoms with Crippen LogP contribution < -0.4 is 56.1 Å². The molecule has 372 valence electrons. The van der Waals surface area contributed by atoms with Gasteiger partial charge in [0.05, 0.1) is 37.0 Å². The minimum absolute atomic E-state index is 0.0512. The molecule has 0 spiro atoms. The number of guanidine groups is 3. The van der Waals surface area contributed by atoms with Crippen molar-refractivity contribution in [1.82, 2.24) is 25.9 Å². The fourth-order valence-electron chi connectivity index (χ4n) is 7.19. The lowest BCUT2D eigenvalue weighted by molar-refractivity contribution is -0.136. The molecule has 23 nitrogen and oxygen atoms in total. The van der Waals surface area contributed by atoms with Crippen LogP contribution in [0.25, 0.3) is 0 Å². The molecule has 0 unspecified atom stereocenters. The van der Waals surface area contributed by atoms with Gasteiger partial charge < -0.3 is 66.2 Å². The van der Waals surface area contributed by atoms with Gasteiger partial charge in [0, 0.05) is 75.0 Å². The van der Waals surface area contributed by atoms with Crippen molar-refractivity contribution in [3.8, 4) is 0 Å². The summed E-state index contributed by atoms with van der Waals surface area (Å²) in [7, 11) is 0. The number of hydrogen-bond acceptors (Lipinski definition) is 12. The number of primary amides is 1. The van der Waals surface area contributed by atoms with Gasteiger partial charge in [0.15, 0.2) is 35.2 Å². The van der Waals surface area contributed by atoms with E-state index in [4.69, 9.17) is 40.1 Å². The summed E-state index contributed by atoms with van der Waals surface area (Å²) in [6, 6.07) is -3.24. The van der Waals surface area contributed by atoms with E-state index >= 15 is 0 Å². The highest BCUT2D eigenvalue weighted by Crippen LogP contribution is 2.22. The molecule has 19 N–H and O–H groups in total. The Kier molecular flexibility index (Phi) is 27.1. The second-order valence-electron chi connectivity index (χ2n) is 17.7. The number of aromatic amines is 1. The van der Waals surface area contributed by atoms with E-state index < -0.39 is 89.4 Å². The summed E-state index contributed by atoms with van der Waals surface area (Å²) >= 11 is 0. The average Bonchev–Trinajstić information content (AvgIpc) is 3.75. The third-order valence-corrected chi connectivity index (χ3v) is 10.8. The van der Waals surface area contributed by atoms with Crippen LogP contribution in [0.3, 0.4) is 0 Å². The maximum absolute atomic E-state index is 14.3. The van der Waals surface area contributed by atoms with Crippen LogP contribution in [-0.2, 0) is 40.0 Å². The van der Waals surface area contributed by atoms with Crippen LogP contribution in [0.5, 0.6) is 0 Å². The molecule has 0 aliphatic carbocycles. The number of carbonyl (C=O) groups excluding carboxylic acids is 7. The number of nitrogens with two attached hydrogens (primary N) is 7. The van der Waals surface area contributed by atoms with Crippen LogP contribution in [0.4, 0.5) is 0 Å². The molecule has 0 aromatic carbocycles. The van der Waals surface area contributed by atoms with E-state index in [0.717, 1.165) is 0 Å². The van der Waals surface area contributed by atoms with E-state index in [-0.39, 0.29) is 107 Å². The highest BCUT2D eigenvalue weighted by Gasteiger charge is 2.34. The quantitative estimate of drug-likeness (QED) is 0.0209. The van der Waals surface area contributed by atoms with Crippen molar-refractivity contribution in [2.75, 3.05) is 26.2 Å². The minimum atomic E-state index is -1.15. The lowest BCUT2D eigenvalue weighted by Gasteiger charge is -2.27. The second kappa shape index (κ2) is 30.9. The summed E-state index contributed by atoms with van der Waals surface area (Å²) in [5, 5.41) is 18.1. The third-order valence-electron chi connectivity index (χ3n) is 10.8. The molecule has 0 aliphatic heterocycles. The number of aliphatic hydroxyl groups is 1. The van der Waals surface area contributed by atoms with Crippen LogP contribution in [-0.4, -0.2) is 118 Å². The molecule has 0 saturated heterocycles. The molecular weight excluding hydrogens is 855 g/mol. The first-order chi connectivity index (χ1) is 31.0. The lowest BCUT2D eigenvalue weighted by atomic mass is 9.87. The number of aromatic nitrogens is 2. The molecule has 7 atom stereocenters. The smallest absolute Gasteiger partial charge is 0.224 e. The van der Waals surface area contributed by atoms with Crippen molar-refractivity contribution < 1.29 is 38.7 Å². The van der Waals surface area contributed by atoms with Crippen LogP contribution in [0.2, 0.25) is 0 Å². The van der Waals surface area contributed by atoms with Crippen LogP contribution in [0.1, 0.15) is 111 Å². The molecular formula is C43H77N15O8. The van der Waals surface area contributed by atoms with Crippen molar-refractivity contribution in [3.05, 3.63) is 18.2 Å². The van der Waals surface area contributed by atoms with Gasteiger partial charge in [-0.15, -0.1) is 0 Å². The van der Waals surface area contributed by atoms with Gasteiger partial charge in [0.2, 0.25) is 23.6 Å². The fraction of sp³-hybridized carbons (Fsp3) is 0.698. The number of amides is 4. The molecule has 23 heteroatoms. The number of imidazole rings is 1. The molecule has 1 aromatic heterocycles. The number of rotatable bonds is 35. The molecule has 0 saturated carbocycles. The van der Waals surface area contributed by atoms with Crippen LogP contribution in [0.15, 0.2) is 27.5 Å². The molecule has 1 rings (SSSR count). The molecule has 4 amide bonds. The Morgan fingerprint density at radius 2 is 1.05 bits per heavy atom. The van der Waals surface area contributed by atoms with Gasteiger partial charge >= 0.3 is 0 Å². The van der Waals surface area contributed by atoms with Crippen LogP contribution in [0, 0.1) is 35.5 Å². The van der Waals surface area contributed by atoms with Crippen molar-refractivity contribution >= 4 is 58.9 Å². The SMILES string of the molecule is CC(C)C[C@H](CC(=O)[C@H](CCCN=C(N)N)NC(=O)[C@H](CCCN=C(N)N)CC(=O)[C@H](Cc1cnc[nH]1)NC(=O)[C@@H](C)CCCN=C(N)N)C(=O)N[C@@H](CC(C)C)C(=O)C[C@@H](CO)C(N)=O. The Balaban J connectivity index is 3.52. The Bertz CT molecular complexity index is 1790. The van der Waals surface area contributed by atoms with Crippen molar-refractivity contribution in [1.29, 1.82) is 0 Å². The zero-order chi connectivity index (χ0) is 49.9. The van der Waals surface area contributed by atoms with E-state index in [9.17, 15) is 38.7 Å². The van der Waals surface area contributed by atoms with Gasteiger partial charge in [0.1, 0.15) is 0 Å². The minimum Gasteiger partial charge on any atom is -0.396 e. The topological polar surface area (TPSA) is 424 Å². The number of aliphatic hydroxyl groups excluding tert-OH is 1. The first-order valence-corrected chi connectivity index (χ1v) is 22.6. The van der Waals surface area contributed by atoms with Crippen molar-refractivity contribution in [3.63, 3.8) is 0 Å². The largest absolute Gasteiger partial charge is 0.396 e. The first-order valence-electron chi connectivity index (χ1n) is 22.6. The number of ketones is 3. The van der Waals surface area contributed by atoms with Crippen molar-refractivity contribution in [2.24, 2.45) is 90.6 Å². The number of H-pyrrole nitrogens is 1. The van der Waals surface area contributed by atoms with Gasteiger partial charge in [-0.3, -0.25) is 48.5 Å². The molecule has 1 aromatic rings. The average molecular weight is 932 g/mol. The molecule has 0 bridgehead atoms. The third kappa shape index (κ3) is 24.2. The predicted molar refractivity (Wildman–Crippen MR) is 252 cm³/mol. The number of Topliss-reactive ketones (excluding diaryl/α,β-unsaturated/α-hetero) is 3. The number of nitrogens with zero attached hydrogens (tertiary/aromatic N) is 4. The predicted octanol–water partition coefficient (Wildman–Crippen LogP) is -1.50. The molecule has 0 fully saturated rings. The zero-order valence-corrected chi connectivity index (χ0v) is 39.3. The van der Waals surface area contributed by atoms with E-state index in [1.807, 2.05) is 27.7 Å². The van der Waals surface area contributed by atoms with E-state index in [2.05, 4.69) is 40.9 Å². The maximum atomic E-state index is 14.3. The summed E-state index contributed by atoms with van der Waals surface area (Å²) in [5.74, 6) is -7.98. The Morgan fingerprint density at radius 1 is 0.591 bits per heavy atom. The fourth-order valence-corrected chi connectivity index (χ4v) is 7.19. The van der Waals surface area contributed by atoms with Crippen molar-refractivity contribution in [2.45, 2.75) is 130 Å². The molecule has 0 radical (unpaired) electrons. The van der Waals surface area contributed by atoms with Gasteiger partial charge in [0.25, 0.3) is 0 Å². The van der Waals surface area contributed by atoms with Gasteiger partial charge in [-0.1, -0.05) is 34.6 Å². The van der Waals surface area contributed by atoms with Gasteiger partial charge in [-0.25, -0.2) is 4.98 Å². The Morgan fingerprint density at radius 3 is 1.55 bits per heavy atom. The standard InChI is InChI=1S/C43H77N15O8/c1-24(2)15-28(40(66)58-32(16-25(3)4)36(62)19-29(22-59)37(44)63)18-34(60)31(11-8-14-54-43(49)50)56-39(65)27(10-7-13-53-42(47)48)17-35(61)33(20-30-21-51-23-55-30)57-38(64)26(5)9-6-12-52-41(45)46/h21,23-29,31-33,59H,6-20,22H2,1-5H3,(H2,44,63)(H,51,55)(H,56,65)(H,57,64)(H,58,66)(H4,45,46,52)(H4,47,48,53)(H4,49,50,54)/t26-,27+,28+,29-,31-,32-,33-/m0/s1. The van der Waals surface area contributed by atoms with Gasteiger partial charge in [-0.2, -0.15) is 0 Å². The first kappa shape index (κ1) is 57.9. The normalized spacial score (nSPS) is 14.4. The number of hydrogen-bond donors (Lipinski definition) is 12. The maximum Gasteiger partial charge on any atom is 0.224 e. The number of carbonyl (C=O) groups is 7. The second-order valence-corrected chi connectivity index (χ2v) is 17.7. The van der Waals surface area contributed by atoms with E-state index in [1.165, 1.54) is 12.5 Å². The highest BCUT2D eigenvalue weighted by molar-refractivity contribution is 5.97. The van der Waals surface area contributed by atoms with Gasteiger partial charge in [-0.05, 0) is 63.2 Å². The van der Waals surface area contributed by atoms with E-state index in [0.29, 0.717) is 25.1 Å². The van der Waals surface area contributed by atoms with E-state index in [1.54, 1.807) is 6.92 Å². The highest BCUT2D eigenvalue weighted by atomic mass is 16.3. The summed E-state index contributed by atoms with van der Waals surface area (Å²) in [5.41, 5.74) is 38.9. The summed E-state index contributed by atoms with van der Waals surface area (Å²) in [4.78, 5) is 114. The lowest BCUT2D eigenvalue weighted by Crippen LogP contribution is -2.49. The molecule has 1 heterocycles.